The molecule has 1 saturated heterocycles. The van der Waals surface area contributed by atoms with Gasteiger partial charge in [-0.2, -0.15) is 5.01 Å². The van der Waals surface area contributed by atoms with Gasteiger partial charge >= 0.3 is 29.9 Å². The first-order valence-electron chi connectivity index (χ1n) is 10.9. The van der Waals surface area contributed by atoms with Gasteiger partial charge in [0.15, 0.2) is 12.2 Å². The van der Waals surface area contributed by atoms with Gasteiger partial charge in [-0.05, 0) is 6.92 Å². The Hall–Kier alpha value is -3.53. The van der Waals surface area contributed by atoms with E-state index in [9.17, 15) is 33.7 Å². The lowest BCUT2D eigenvalue weighted by Gasteiger charge is -2.44. The van der Waals surface area contributed by atoms with Crippen molar-refractivity contribution in [1.29, 1.82) is 0 Å². The summed E-state index contributed by atoms with van der Waals surface area (Å²) in [5.41, 5.74) is 0. The van der Waals surface area contributed by atoms with E-state index < -0.39 is 79.1 Å². The Labute approximate surface area is 216 Å². The molecule has 0 radical (unpaired) electrons. The summed E-state index contributed by atoms with van der Waals surface area (Å²) in [7, 11) is 0. The fraction of sp³-hybridized carbons (Fsp3) is 0.700. The maximum absolute atomic E-state index is 12.9. The minimum Gasteiger partial charge on any atom is -0.463 e. The number of ether oxygens (including phenoxy) is 5. The average Bonchev–Trinajstić information content (AvgIpc) is 2.78. The van der Waals surface area contributed by atoms with Gasteiger partial charge in [0.05, 0.1) is 11.8 Å². The van der Waals surface area contributed by atoms with Crippen LogP contribution in [0, 0.1) is 4.91 Å². The summed E-state index contributed by atoms with van der Waals surface area (Å²) in [6.45, 7) is 4.82. The van der Waals surface area contributed by atoms with Crippen LogP contribution in [0.1, 0.15) is 34.6 Å². The number of esters is 4. The second-order valence-corrected chi connectivity index (χ2v) is 8.08. The first kappa shape index (κ1) is 31.5. The fourth-order valence-corrected chi connectivity index (χ4v) is 3.35. The number of hydrogen-bond acceptors (Lipinski definition) is 13. The lowest BCUT2D eigenvalue weighted by molar-refractivity contribution is -0.271. The van der Waals surface area contributed by atoms with Crippen LogP contribution in [0.15, 0.2) is 5.29 Å². The first-order valence-corrected chi connectivity index (χ1v) is 11.4. The third kappa shape index (κ3) is 10.2. The zero-order valence-corrected chi connectivity index (χ0v) is 21.5. The van der Waals surface area contributed by atoms with Crippen LogP contribution in [0.25, 0.3) is 0 Å². The van der Waals surface area contributed by atoms with Crippen LogP contribution in [-0.2, 0) is 47.7 Å². The number of amides is 3. The van der Waals surface area contributed by atoms with Crippen molar-refractivity contribution in [1.82, 2.24) is 15.6 Å². The Balaban J connectivity index is 3.30. The van der Waals surface area contributed by atoms with Gasteiger partial charge in [0.25, 0.3) is 0 Å². The molecular formula is C20H29ClN4O12. The lowest BCUT2D eigenvalue weighted by Crippen LogP contribution is -2.68. The number of alkyl halides is 1. The molecule has 2 N–H and O–H groups in total. The van der Waals surface area contributed by atoms with Crippen LogP contribution in [0.5, 0.6) is 0 Å². The summed E-state index contributed by atoms with van der Waals surface area (Å²) < 4.78 is 26.3. The van der Waals surface area contributed by atoms with E-state index in [0.717, 1.165) is 27.7 Å². The Kier molecular flexibility index (Phi) is 12.7. The van der Waals surface area contributed by atoms with Crippen molar-refractivity contribution < 1.29 is 52.5 Å². The lowest BCUT2D eigenvalue weighted by atomic mass is 9.95. The predicted octanol–water partition coefficient (Wildman–Crippen LogP) is -0.494. The standard InChI is InChI=1S/C20H29ClN4O12/c1-9(22-20(31)25(24-32)7-6-21)18(30)23-15-17(35-12(4)28)16(34-11(3)27)14(8-33-10(2)26)37-19(15)36-13(5)29/h9,14-17,19H,6-8H2,1-5H3,(H,22,31)(H,23,30)/t9-,14+,15+,16+,17+,19+/m0/s1. The third-order valence-electron chi connectivity index (χ3n) is 4.65. The molecule has 1 rings (SSSR count). The second-order valence-electron chi connectivity index (χ2n) is 7.70. The monoisotopic (exact) mass is 552 g/mol. The summed E-state index contributed by atoms with van der Waals surface area (Å²) in [5, 5.41) is 7.62. The number of carbonyl (C=O) groups excluding carboxylic acids is 6. The van der Waals surface area contributed by atoms with E-state index in [4.69, 9.17) is 35.3 Å². The SMILES string of the molecule is CC(=O)OC[C@H]1O[C@@H](OC(C)=O)[C@H](NC(=O)[C@H](C)NC(=O)N(CCCl)N=O)[C@@H](OC(C)=O)[C@@H]1OC(C)=O. The van der Waals surface area contributed by atoms with E-state index in [1.165, 1.54) is 6.92 Å². The van der Waals surface area contributed by atoms with Gasteiger partial charge in [-0.15, -0.1) is 16.5 Å². The van der Waals surface area contributed by atoms with Crippen molar-refractivity contribution in [2.24, 2.45) is 5.29 Å². The van der Waals surface area contributed by atoms with E-state index in [2.05, 4.69) is 15.9 Å². The highest BCUT2D eigenvalue weighted by Crippen LogP contribution is 2.28. The fourth-order valence-electron chi connectivity index (χ4n) is 3.19. The summed E-state index contributed by atoms with van der Waals surface area (Å²) in [6.07, 6.45) is -5.78. The van der Waals surface area contributed by atoms with Gasteiger partial charge in [0.1, 0.15) is 24.8 Å². The van der Waals surface area contributed by atoms with Crippen molar-refractivity contribution >= 4 is 47.4 Å². The number of hydrogen-bond donors (Lipinski definition) is 2. The molecule has 0 aromatic heterocycles. The summed E-state index contributed by atoms with van der Waals surface area (Å²) in [6, 6.07) is -3.78. The number of carbonyl (C=O) groups is 6. The van der Waals surface area contributed by atoms with Crippen LogP contribution in [0.2, 0.25) is 0 Å². The molecule has 0 aliphatic carbocycles. The molecule has 0 aromatic carbocycles. The molecule has 16 nitrogen and oxygen atoms in total. The maximum Gasteiger partial charge on any atom is 0.341 e. The Morgan fingerprint density at radius 1 is 0.946 bits per heavy atom. The normalized spacial score (nSPS) is 23.5. The number of urea groups is 1. The van der Waals surface area contributed by atoms with Crippen molar-refractivity contribution in [3.05, 3.63) is 4.91 Å². The molecule has 1 aliphatic heterocycles. The quantitative estimate of drug-likeness (QED) is 0.109. The van der Waals surface area contributed by atoms with E-state index in [0.29, 0.717) is 5.01 Å². The molecule has 3 amide bonds. The average molecular weight is 553 g/mol. The van der Waals surface area contributed by atoms with Gasteiger partial charge in [0.2, 0.25) is 12.2 Å². The topological polar surface area (TPSA) is 205 Å². The first-order chi connectivity index (χ1) is 17.3. The number of rotatable bonds is 11. The number of halogens is 1. The maximum atomic E-state index is 12.9. The smallest absolute Gasteiger partial charge is 0.341 e. The number of nitroso groups, excluding NO2 is 1. The molecule has 0 aromatic rings. The molecule has 17 heteroatoms. The molecule has 1 aliphatic rings. The molecule has 0 spiro atoms. The number of nitrogens with zero attached hydrogens (tertiary/aromatic N) is 2. The van der Waals surface area contributed by atoms with Gasteiger partial charge in [-0.1, -0.05) is 0 Å². The Morgan fingerprint density at radius 2 is 1.51 bits per heavy atom. The van der Waals surface area contributed by atoms with E-state index in [1.807, 2.05) is 0 Å². The van der Waals surface area contributed by atoms with Crippen LogP contribution in [-0.4, -0.2) is 96.5 Å². The number of nitrogens with one attached hydrogen (secondary N) is 2. The van der Waals surface area contributed by atoms with Gasteiger partial charge in [-0.25, -0.2) is 4.79 Å². The zero-order chi connectivity index (χ0) is 28.3. The molecule has 6 atom stereocenters. The van der Waals surface area contributed by atoms with Crippen molar-refractivity contribution in [3.63, 3.8) is 0 Å². The third-order valence-corrected chi connectivity index (χ3v) is 4.82. The molecule has 37 heavy (non-hydrogen) atoms. The molecule has 0 unspecified atom stereocenters. The Bertz CT molecular complexity index is 887. The van der Waals surface area contributed by atoms with Gasteiger partial charge < -0.3 is 34.3 Å². The molecule has 0 bridgehead atoms. The highest BCUT2D eigenvalue weighted by atomic mass is 35.5. The van der Waals surface area contributed by atoms with Gasteiger partial charge in [0, 0.05) is 33.6 Å². The molecule has 0 saturated carbocycles. The molecule has 208 valence electrons. The summed E-state index contributed by atoms with van der Waals surface area (Å²) in [5.74, 6) is -4.22. The minimum absolute atomic E-state index is 0.0979. The molecule has 1 heterocycles. The van der Waals surface area contributed by atoms with Crippen LogP contribution < -0.4 is 10.6 Å². The molecule has 1 fully saturated rings. The van der Waals surface area contributed by atoms with E-state index >= 15 is 0 Å². The van der Waals surface area contributed by atoms with E-state index in [-0.39, 0.29) is 12.4 Å². The van der Waals surface area contributed by atoms with Crippen molar-refractivity contribution in [2.75, 3.05) is 19.0 Å². The van der Waals surface area contributed by atoms with E-state index in [1.54, 1.807) is 0 Å². The zero-order valence-electron chi connectivity index (χ0n) is 20.8. The Morgan fingerprint density at radius 3 is 2.00 bits per heavy atom. The van der Waals surface area contributed by atoms with Gasteiger partial charge in [-0.3, -0.25) is 24.0 Å². The minimum atomic E-state index is -1.61. The summed E-state index contributed by atoms with van der Waals surface area (Å²) >= 11 is 5.50. The highest BCUT2D eigenvalue weighted by molar-refractivity contribution is 6.18. The van der Waals surface area contributed by atoms with Crippen LogP contribution >= 0.6 is 11.6 Å². The van der Waals surface area contributed by atoms with Crippen LogP contribution in [0.4, 0.5) is 4.79 Å². The summed E-state index contributed by atoms with van der Waals surface area (Å²) in [4.78, 5) is 82.7. The highest BCUT2D eigenvalue weighted by Gasteiger charge is 2.52. The van der Waals surface area contributed by atoms with Crippen molar-refractivity contribution in [3.8, 4) is 0 Å². The largest absolute Gasteiger partial charge is 0.463 e. The molecular weight excluding hydrogens is 524 g/mol. The second kappa shape index (κ2) is 14.9. The predicted molar refractivity (Wildman–Crippen MR) is 121 cm³/mol. The van der Waals surface area contributed by atoms with Crippen LogP contribution in [0.3, 0.4) is 0 Å². The van der Waals surface area contributed by atoms with Crippen molar-refractivity contribution in [2.45, 2.75) is 71.3 Å².